The van der Waals surface area contributed by atoms with E-state index in [2.05, 4.69) is 22.1 Å². The average Bonchev–Trinajstić information content (AvgIpc) is 3.28. The molecule has 1 aliphatic rings. The number of carbonyl (C=O) groups is 1. The Bertz CT molecular complexity index is 855. The highest BCUT2D eigenvalue weighted by Crippen LogP contribution is 2.23. The van der Waals surface area contributed by atoms with E-state index in [0.717, 1.165) is 31.7 Å². The van der Waals surface area contributed by atoms with Crippen molar-refractivity contribution in [1.29, 1.82) is 0 Å². The van der Waals surface area contributed by atoms with Crippen molar-refractivity contribution in [3.05, 3.63) is 60.2 Å². The largest absolute Gasteiger partial charge is 0.497 e. The van der Waals surface area contributed by atoms with Crippen molar-refractivity contribution in [2.75, 3.05) is 20.2 Å². The molecule has 6 heteroatoms. The zero-order chi connectivity index (χ0) is 17.2. The molecule has 0 saturated carbocycles. The third kappa shape index (κ3) is 3.20. The summed E-state index contributed by atoms with van der Waals surface area (Å²) in [6, 6.07) is 9.98. The summed E-state index contributed by atoms with van der Waals surface area (Å²) in [7, 11) is 1.67. The Balaban J connectivity index is 1.41. The third-order valence-corrected chi connectivity index (χ3v) is 4.71. The Morgan fingerprint density at radius 1 is 1.32 bits per heavy atom. The molecule has 1 fully saturated rings. The Kier molecular flexibility index (Phi) is 4.09. The van der Waals surface area contributed by atoms with Crippen molar-refractivity contribution < 1.29 is 9.53 Å². The Hall–Kier alpha value is -2.89. The van der Waals surface area contributed by atoms with Gasteiger partial charge in [-0.15, -0.1) is 0 Å². The minimum absolute atomic E-state index is 0.0114. The molecule has 1 unspecified atom stereocenters. The molecule has 1 aliphatic heterocycles. The number of imidazole rings is 1. The number of benzene rings is 1. The van der Waals surface area contributed by atoms with Crippen LogP contribution < -0.4 is 4.74 Å². The van der Waals surface area contributed by atoms with Crippen LogP contribution in [0.1, 0.15) is 22.5 Å². The molecule has 0 spiro atoms. The second-order valence-corrected chi connectivity index (χ2v) is 6.41. The third-order valence-electron chi connectivity index (χ3n) is 4.71. The fraction of sp³-hybridized carbons (Fsp3) is 0.316. The fourth-order valence-electron chi connectivity index (χ4n) is 3.37. The van der Waals surface area contributed by atoms with Gasteiger partial charge in [-0.2, -0.15) is 0 Å². The lowest BCUT2D eigenvalue weighted by Crippen LogP contribution is -2.29. The van der Waals surface area contributed by atoms with Crippen LogP contribution in [0.4, 0.5) is 0 Å². The van der Waals surface area contributed by atoms with Crippen molar-refractivity contribution in [2.45, 2.75) is 12.8 Å². The van der Waals surface area contributed by atoms with Gasteiger partial charge in [0, 0.05) is 31.7 Å². The molecule has 4 rings (SSSR count). The summed E-state index contributed by atoms with van der Waals surface area (Å²) in [6.07, 6.45) is 7.27. The molecular weight excluding hydrogens is 316 g/mol. The number of nitrogens with zero attached hydrogens (tertiary/aromatic N) is 4. The van der Waals surface area contributed by atoms with Crippen LogP contribution in [0.15, 0.2) is 48.9 Å². The number of carbonyl (C=O) groups excluding carboxylic acids is 1. The standard InChI is InChI=1S/C19H20N4O2/c1-25-16-5-3-14(4-6-16)11-15-7-10-22(12-15)18(24)17-13-23-9-2-8-20-19(23)21-17/h2-6,8-9,13,15H,7,10-12H2,1H3. The van der Waals surface area contributed by atoms with Gasteiger partial charge in [0.25, 0.3) is 5.91 Å². The average molecular weight is 336 g/mol. The van der Waals surface area contributed by atoms with Gasteiger partial charge < -0.3 is 9.64 Å². The first-order chi connectivity index (χ1) is 12.2. The molecule has 25 heavy (non-hydrogen) atoms. The van der Waals surface area contributed by atoms with Crippen LogP contribution in [0.25, 0.3) is 5.78 Å². The van der Waals surface area contributed by atoms with Gasteiger partial charge in [0.2, 0.25) is 5.78 Å². The van der Waals surface area contributed by atoms with Gasteiger partial charge in [-0.25, -0.2) is 9.97 Å². The molecule has 0 radical (unpaired) electrons. The highest BCUT2D eigenvalue weighted by molar-refractivity contribution is 5.93. The number of likely N-dealkylation sites (tertiary alicyclic amines) is 1. The van der Waals surface area contributed by atoms with E-state index in [4.69, 9.17) is 4.74 Å². The van der Waals surface area contributed by atoms with E-state index < -0.39 is 0 Å². The number of fused-ring (bicyclic) bond motifs is 1. The van der Waals surface area contributed by atoms with Gasteiger partial charge >= 0.3 is 0 Å². The number of hydrogen-bond acceptors (Lipinski definition) is 4. The van der Waals surface area contributed by atoms with Crippen LogP contribution in [-0.2, 0) is 6.42 Å². The summed E-state index contributed by atoms with van der Waals surface area (Å²) in [6.45, 7) is 1.55. The van der Waals surface area contributed by atoms with Gasteiger partial charge in [0.05, 0.1) is 7.11 Å². The molecule has 3 heterocycles. The van der Waals surface area contributed by atoms with Crippen LogP contribution in [-0.4, -0.2) is 45.4 Å². The van der Waals surface area contributed by atoms with Crippen molar-refractivity contribution in [3.8, 4) is 5.75 Å². The topological polar surface area (TPSA) is 59.7 Å². The lowest BCUT2D eigenvalue weighted by Gasteiger charge is -2.15. The van der Waals surface area contributed by atoms with E-state index in [0.29, 0.717) is 17.4 Å². The van der Waals surface area contributed by atoms with Crippen LogP contribution in [0.5, 0.6) is 5.75 Å². The fourth-order valence-corrected chi connectivity index (χ4v) is 3.37. The predicted octanol–water partition coefficient (Wildman–Crippen LogP) is 2.44. The summed E-state index contributed by atoms with van der Waals surface area (Å²) in [4.78, 5) is 23.1. The van der Waals surface area contributed by atoms with Crippen molar-refractivity contribution in [1.82, 2.24) is 19.3 Å². The van der Waals surface area contributed by atoms with Crippen LogP contribution >= 0.6 is 0 Å². The maximum Gasteiger partial charge on any atom is 0.274 e. The number of aromatic nitrogens is 3. The maximum atomic E-state index is 12.7. The first kappa shape index (κ1) is 15.6. The van der Waals surface area contributed by atoms with Crippen molar-refractivity contribution in [2.24, 2.45) is 5.92 Å². The SMILES string of the molecule is COc1ccc(CC2CCN(C(=O)c3cn4cccnc4n3)C2)cc1. The summed E-state index contributed by atoms with van der Waals surface area (Å²) in [5.41, 5.74) is 1.74. The molecule has 1 saturated heterocycles. The number of ether oxygens (including phenoxy) is 1. The van der Waals surface area contributed by atoms with Gasteiger partial charge in [-0.1, -0.05) is 12.1 Å². The number of rotatable bonds is 4. The molecule has 1 amide bonds. The zero-order valence-electron chi connectivity index (χ0n) is 14.1. The van der Waals surface area contributed by atoms with Crippen molar-refractivity contribution >= 4 is 11.7 Å². The lowest BCUT2D eigenvalue weighted by molar-refractivity contribution is 0.0782. The molecule has 1 atom stereocenters. The summed E-state index contributed by atoms with van der Waals surface area (Å²) in [5, 5.41) is 0. The van der Waals surface area contributed by atoms with Gasteiger partial charge in [0.1, 0.15) is 11.4 Å². The van der Waals surface area contributed by atoms with Crippen LogP contribution in [0.2, 0.25) is 0 Å². The smallest absolute Gasteiger partial charge is 0.274 e. The molecule has 1 aromatic carbocycles. The lowest BCUT2D eigenvalue weighted by atomic mass is 9.99. The normalized spacial score (nSPS) is 17.2. The molecule has 0 aliphatic carbocycles. The molecule has 128 valence electrons. The Labute approximate surface area is 146 Å². The number of hydrogen-bond donors (Lipinski definition) is 0. The molecule has 0 N–H and O–H groups in total. The van der Waals surface area contributed by atoms with Gasteiger partial charge in [-0.05, 0) is 42.5 Å². The predicted molar refractivity (Wildman–Crippen MR) is 93.7 cm³/mol. The maximum absolute atomic E-state index is 12.7. The molecular formula is C19H20N4O2. The summed E-state index contributed by atoms with van der Waals surface area (Å²) in [5.74, 6) is 1.89. The minimum atomic E-state index is -0.0114. The van der Waals surface area contributed by atoms with Gasteiger partial charge in [-0.3, -0.25) is 9.20 Å². The van der Waals surface area contributed by atoms with E-state index in [1.54, 1.807) is 23.9 Å². The van der Waals surface area contributed by atoms with Crippen LogP contribution in [0, 0.1) is 5.92 Å². The Morgan fingerprint density at radius 2 is 2.16 bits per heavy atom. The van der Waals surface area contributed by atoms with E-state index in [1.807, 2.05) is 29.3 Å². The first-order valence-corrected chi connectivity index (χ1v) is 8.45. The summed E-state index contributed by atoms with van der Waals surface area (Å²) >= 11 is 0. The number of methoxy groups -OCH3 is 1. The quantitative estimate of drug-likeness (QED) is 0.734. The van der Waals surface area contributed by atoms with E-state index >= 15 is 0 Å². The highest BCUT2D eigenvalue weighted by atomic mass is 16.5. The molecule has 2 aromatic heterocycles. The van der Waals surface area contributed by atoms with Crippen molar-refractivity contribution in [3.63, 3.8) is 0 Å². The van der Waals surface area contributed by atoms with E-state index in [1.165, 1.54) is 5.56 Å². The molecule has 3 aromatic rings. The highest BCUT2D eigenvalue weighted by Gasteiger charge is 2.28. The molecule has 0 bridgehead atoms. The zero-order valence-corrected chi connectivity index (χ0v) is 14.1. The van der Waals surface area contributed by atoms with Crippen LogP contribution in [0.3, 0.4) is 0 Å². The second kappa shape index (κ2) is 6.55. The van der Waals surface area contributed by atoms with Gasteiger partial charge in [0.15, 0.2) is 0 Å². The second-order valence-electron chi connectivity index (χ2n) is 6.41. The number of amides is 1. The summed E-state index contributed by atoms with van der Waals surface area (Å²) < 4.78 is 6.97. The monoisotopic (exact) mass is 336 g/mol. The first-order valence-electron chi connectivity index (χ1n) is 8.45. The van der Waals surface area contributed by atoms with E-state index in [9.17, 15) is 4.79 Å². The Morgan fingerprint density at radius 3 is 2.92 bits per heavy atom. The minimum Gasteiger partial charge on any atom is -0.497 e. The molecule has 6 nitrogen and oxygen atoms in total. The van der Waals surface area contributed by atoms with E-state index in [-0.39, 0.29) is 5.91 Å².